The van der Waals surface area contributed by atoms with Crippen molar-refractivity contribution in [1.82, 2.24) is 20.6 Å². The second-order valence-corrected chi connectivity index (χ2v) is 9.97. The van der Waals surface area contributed by atoms with Gasteiger partial charge in [0.2, 0.25) is 17.7 Å². The average molecular weight is 524 g/mol. The minimum Gasteiger partial charge on any atom is -0.359 e. The summed E-state index contributed by atoms with van der Waals surface area (Å²) in [5, 5.41) is 11.0. The summed E-state index contributed by atoms with van der Waals surface area (Å²) in [6, 6.07) is 21.5. The van der Waals surface area contributed by atoms with Crippen LogP contribution in [0.5, 0.6) is 0 Å². The Balaban J connectivity index is 1.35. The van der Waals surface area contributed by atoms with Crippen LogP contribution in [0.25, 0.3) is 22.0 Å². The number of rotatable bonds is 10. The molecule has 1 unspecified atom stereocenters. The fourth-order valence-corrected chi connectivity index (χ4v) is 5.15. The van der Waals surface area contributed by atoms with Crippen LogP contribution in [0, 0.1) is 0 Å². The van der Waals surface area contributed by atoms with Crippen LogP contribution in [0.1, 0.15) is 61.9 Å². The maximum absolute atomic E-state index is 13.5. The third kappa shape index (κ3) is 6.17. The van der Waals surface area contributed by atoms with Gasteiger partial charge in [-0.25, -0.2) is 4.98 Å². The number of hydrogen-bond acceptors (Lipinski definition) is 4. The quantitative estimate of drug-likeness (QED) is 0.214. The number of aromatic amines is 1. The van der Waals surface area contributed by atoms with E-state index in [4.69, 9.17) is 0 Å². The molecule has 3 amide bonds. The zero-order valence-corrected chi connectivity index (χ0v) is 22.0. The standard InChI is InChI=1S/C31H33N5O3/c1-32-28(37)14-4-2-3-13-26(36-31(39)24-18-29(38)34-25-12-8-7-11-23(24)25)30-33-19-27(35-30)22-16-15-20-9-5-6-10-21(20)17-22/h5-12,15-17,19,24,26H,2-4,13-14,18H2,1H3,(H,32,37)(H,33,35)(H,34,38)(H,36,39)/t24?,26-/m0/s1. The Morgan fingerprint density at radius 3 is 2.64 bits per heavy atom. The van der Waals surface area contributed by atoms with Gasteiger partial charge in [0, 0.05) is 31.1 Å². The molecule has 0 radical (unpaired) electrons. The van der Waals surface area contributed by atoms with E-state index in [2.05, 4.69) is 56.3 Å². The summed E-state index contributed by atoms with van der Waals surface area (Å²) in [6.07, 6.45) is 5.48. The van der Waals surface area contributed by atoms with Crippen LogP contribution < -0.4 is 16.0 Å². The van der Waals surface area contributed by atoms with E-state index in [1.54, 1.807) is 13.2 Å². The number of fused-ring (bicyclic) bond motifs is 2. The molecule has 0 spiro atoms. The lowest BCUT2D eigenvalue weighted by Gasteiger charge is -2.26. The molecule has 1 aliphatic rings. The van der Waals surface area contributed by atoms with Crippen LogP contribution in [-0.2, 0) is 14.4 Å². The second-order valence-electron chi connectivity index (χ2n) is 9.97. The summed E-state index contributed by atoms with van der Waals surface area (Å²) >= 11 is 0. The molecule has 39 heavy (non-hydrogen) atoms. The van der Waals surface area contributed by atoms with E-state index < -0.39 is 5.92 Å². The molecule has 0 saturated carbocycles. The van der Waals surface area contributed by atoms with Crippen LogP contribution in [0.3, 0.4) is 0 Å². The molecule has 1 aromatic heterocycles. The lowest BCUT2D eigenvalue weighted by molar-refractivity contribution is -0.127. The van der Waals surface area contributed by atoms with Gasteiger partial charge in [-0.1, -0.05) is 67.4 Å². The number of carbonyl (C=O) groups excluding carboxylic acids is 3. The predicted molar refractivity (Wildman–Crippen MR) is 152 cm³/mol. The fourth-order valence-electron chi connectivity index (χ4n) is 5.15. The first-order valence-corrected chi connectivity index (χ1v) is 13.5. The highest BCUT2D eigenvalue weighted by Crippen LogP contribution is 2.33. The average Bonchev–Trinajstić information content (AvgIpc) is 3.45. The molecule has 2 heterocycles. The van der Waals surface area contributed by atoms with Crippen molar-refractivity contribution in [2.24, 2.45) is 0 Å². The Labute approximate surface area is 227 Å². The van der Waals surface area contributed by atoms with Crippen molar-refractivity contribution in [3.05, 3.63) is 84.3 Å². The monoisotopic (exact) mass is 523 g/mol. The molecule has 4 N–H and O–H groups in total. The fraction of sp³-hybridized carbons (Fsp3) is 0.290. The number of carbonyl (C=O) groups is 3. The van der Waals surface area contributed by atoms with Crippen LogP contribution in [-0.4, -0.2) is 34.7 Å². The number of benzene rings is 3. The van der Waals surface area contributed by atoms with Crippen LogP contribution in [0.4, 0.5) is 5.69 Å². The Morgan fingerprint density at radius 1 is 1.00 bits per heavy atom. The van der Waals surface area contributed by atoms with E-state index in [1.807, 2.05) is 36.4 Å². The molecule has 3 aromatic carbocycles. The van der Waals surface area contributed by atoms with Crippen molar-refractivity contribution in [2.75, 3.05) is 12.4 Å². The Bertz CT molecular complexity index is 1490. The molecular formula is C31H33N5O3. The molecule has 4 aromatic rings. The highest BCUT2D eigenvalue weighted by atomic mass is 16.2. The first-order valence-electron chi connectivity index (χ1n) is 13.5. The molecule has 0 fully saturated rings. The first-order chi connectivity index (χ1) is 19.0. The highest BCUT2D eigenvalue weighted by Gasteiger charge is 2.32. The van der Waals surface area contributed by atoms with Crippen molar-refractivity contribution >= 4 is 34.2 Å². The zero-order chi connectivity index (χ0) is 27.2. The van der Waals surface area contributed by atoms with Gasteiger partial charge in [0.15, 0.2) is 0 Å². The highest BCUT2D eigenvalue weighted by molar-refractivity contribution is 6.01. The summed E-state index contributed by atoms with van der Waals surface area (Å²) < 4.78 is 0. The largest absolute Gasteiger partial charge is 0.359 e. The normalized spacial score (nSPS) is 15.3. The van der Waals surface area contributed by atoms with Gasteiger partial charge in [-0.2, -0.15) is 0 Å². The summed E-state index contributed by atoms with van der Waals surface area (Å²) in [6.45, 7) is 0. The van der Waals surface area contributed by atoms with E-state index >= 15 is 0 Å². The molecule has 0 saturated heterocycles. The minimum atomic E-state index is -0.569. The van der Waals surface area contributed by atoms with Gasteiger partial charge in [0.25, 0.3) is 0 Å². The number of amides is 3. The van der Waals surface area contributed by atoms with Gasteiger partial charge in [0.1, 0.15) is 5.82 Å². The molecule has 5 rings (SSSR count). The number of unbranched alkanes of at least 4 members (excludes halogenated alkanes) is 2. The third-order valence-electron chi connectivity index (χ3n) is 7.29. The Hall–Kier alpha value is -4.46. The Morgan fingerprint density at radius 2 is 1.79 bits per heavy atom. The van der Waals surface area contributed by atoms with Crippen LogP contribution in [0.2, 0.25) is 0 Å². The number of imidazole rings is 1. The van der Waals surface area contributed by atoms with Crippen molar-refractivity contribution in [2.45, 2.75) is 50.5 Å². The van der Waals surface area contributed by atoms with Gasteiger partial charge in [0.05, 0.1) is 23.9 Å². The van der Waals surface area contributed by atoms with Gasteiger partial charge >= 0.3 is 0 Å². The van der Waals surface area contributed by atoms with E-state index in [9.17, 15) is 14.4 Å². The van der Waals surface area contributed by atoms with Gasteiger partial charge in [-0.15, -0.1) is 0 Å². The van der Waals surface area contributed by atoms with E-state index in [0.29, 0.717) is 24.4 Å². The number of nitrogens with zero attached hydrogens (tertiary/aromatic N) is 1. The molecule has 8 nitrogen and oxygen atoms in total. The van der Waals surface area contributed by atoms with Gasteiger partial charge in [-0.3, -0.25) is 14.4 Å². The molecular weight excluding hydrogens is 490 g/mol. The summed E-state index contributed by atoms with van der Waals surface area (Å²) in [7, 11) is 1.64. The predicted octanol–water partition coefficient (Wildman–Crippen LogP) is 5.21. The van der Waals surface area contributed by atoms with E-state index in [-0.39, 0.29) is 30.2 Å². The van der Waals surface area contributed by atoms with Crippen molar-refractivity contribution in [3.63, 3.8) is 0 Å². The number of hydrogen-bond donors (Lipinski definition) is 4. The topological polar surface area (TPSA) is 116 Å². The number of anilines is 1. The molecule has 0 bridgehead atoms. The number of H-pyrrole nitrogens is 1. The maximum atomic E-state index is 13.5. The smallest absolute Gasteiger partial charge is 0.228 e. The SMILES string of the molecule is CNC(=O)CCCCC[C@H](NC(=O)C1CC(=O)Nc2ccccc21)c1ncc(-c2ccc3ccccc3c2)[nH]1. The van der Waals surface area contributed by atoms with Crippen molar-refractivity contribution in [3.8, 4) is 11.3 Å². The molecule has 1 aliphatic heterocycles. The van der Waals surface area contributed by atoms with Crippen molar-refractivity contribution < 1.29 is 14.4 Å². The van der Waals surface area contributed by atoms with Crippen molar-refractivity contribution in [1.29, 1.82) is 0 Å². The summed E-state index contributed by atoms with van der Waals surface area (Å²) in [5.41, 5.74) is 3.38. The zero-order valence-electron chi connectivity index (χ0n) is 22.0. The lowest BCUT2D eigenvalue weighted by Crippen LogP contribution is -2.37. The molecule has 200 valence electrons. The lowest BCUT2D eigenvalue weighted by atomic mass is 9.89. The van der Waals surface area contributed by atoms with Crippen LogP contribution in [0.15, 0.2) is 72.9 Å². The van der Waals surface area contributed by atoms with Gasteiger partial charge < -0.3 is 20.9 Å². The van der Waals surface area contributed by atoms with E-state index in [1.165, 1.54) is 5.39 Å². The first kappa shape index (κ1) is 26.2. The summed E-state index contributed by atoms with van der Waals surface area (Å²) in [4.78, 5) is 45.5. The second kappa shape index (κ2) is 11.9. The Kier molecular flexibility index (Phi) is 8.01. The molecule has 8 heteroatoms. The van der Waals surface area contributed by atoms with E-state index in [0.717, 1.165) is 41.5 Å². The van der Waals surface area contributed by atoms with Gasteiger partial charge in [-0.05, 0) is 41.3 Å². The maximum Gasteiger partial charge on any atom is 0.228 e. The number of nitrogens with one attached hydrogen (secondary N) is 4. The minimum absolute atomic E-state index is 0.0279. The summed E-state index contributed by atoms with van der Waals surface area (Å²) in [5.74, 6) is -0.236. The third-order valence-corrected chi connectivity index (χ3v) is 7.29. The molecule has 0 aliphatic carbocycles. The van der Waals surface area contributed by atoms with Crippen LogP contribution >= 0.6 is 0 Å². The number of para-hydroxylation sites is 1. The number of aromatic nitrogens is 2. The molecule has 2 atom stereocenters.